The van der Waals surface area contributed by atoms with E-state index in [1.165, 1.54) is 0 Å². The van der Waals surface area contributed by atoms with Gasteiger partial charge in [0.15, 0.2) is 11.4 Å². The van der Waals surface area contributed by atoms with E-state index >= 15 is 0 Å². The van der Waals surface area contributed by atoms with E-state index in [-0.39, 0.29) is 12.2 Å². The fourth-order valence-electron chi connectivity index (χ4n) is 1.81. The molecule has 2 rings (SSSR count). The molecule has 0 unspecified atom stereocenters. The van der Waals surface area contributed by atoms with E-state index in [2.05, 4.69) is 20.3 Å². The molecule has 23 heavy (non-hydrogen) atoms. The van der Waals surface area contributed by atoms with Crippen molar-refractivity contribution in [2.45, 2.75) is 13.8 Å². The molecule has 1 N–H and O–H groups in total. The zero-order chi connectivity index (χ0) is 16.7. The maximum absolute atomic E-state index is 11.7. The van der Waals surface area contributed by atoms with Gasteiger partial charge in [0.2, 0.25) is 0 Å². The van der Waals surface area contributed by atoms with Gasteiger partial charge in [0.05, 0.1) is 6.61 Å². The molecule has 0 aliphatic heterocycles. The summed E-state index contributed by atoms with van der Waals surface area (Å²) in [6.07, 6.45) is 4.89. The molecule has 0 atom stereocenters. The first-order valence-corrected chi connectivity index (χ1v) is 6.94. The third-order valence-electron chi connectivity index (χ3n) is 2.88. The first kappa shape index (κ1) is 16.1. The fourth-order valence-corrected chi connectivity index (χ4v) is 1.81. The Morgan fingerprint density at radius 3 is 2.70 bits per heavy atom. The highest BCUT2D eigenvalue weighted by Gasteiger charge is 2.14. The van der Waals surface area contributed by atoms with Crippen LogP contribution in [0, 0.1) is 11.3 Å². The molecule has 2 aromatic heterocycles. The van der Waals surface area contributed by atoms with Crippen LogP contribution in [-0.4, -0.2) is 27.5 Å². The van der Waals surface area contributed by atoms with Crippen molar-refractivity contribution in [2.24, 2.45) is 0 Å². The highest BCUT2D eigenvalue weighted by Crippen LogP contribution is 2.16. The average Bonchev–Trinajstić information content (AvgIpc) is 2.57. The van der Waals surface area contributed by atoms with E-state index < -0.39 is 5.97 Å². The molecule has 0 aliphatic rings. The highest BCUT2D eigenvalue weighted by molar-refractivity contribution is 5.94. The summed E-state index contributed by atoms with van der Waals surface area (Å²) in [5, 5.41) is 12.0. The second-order valence-corrected chi connectivity index (χ2v) is 4.46. The second-order valence-electron chi connectivity index (χ2n) is 4.46. The van der Waals surface area contributed by atoms with Gasteiger partial charge in [0, 0.05) is 29.9 Å². The molecule has 0 aromatic carbocycles. The quantitative estimate of drug-likeness (QED) is 0.513. The smallest absolute Gasteiger partial charge is 0.350 e. The van der Waals surface area contributed by atoms with Crippen molar-refractivity contribution < 1.29 is 9.53 Å². The Bertz CT molecular complexity index is 766. The molecule has 116 valence electrons. The normalized spacial score (nSPS) is 11.2. The molecule has 0 spiro atoms. The van der Waals surface area contributed by atoms with Gasteiger partial charge in [0.25, 0.3) is 0 Å². The average molecular weight is 309 g/mol. The number of hydrogen-bond acceptors (Lipinski definition) is 7. The number of rotatable bonds is 5. The Morgan fingerprint density at radius 1 is 1.30 bits per heavy atom. The summed E-state index contributed by atoms with van der Waals surface area (Å²) < 4.78 is 4.85. The lowest BCUT2D eigenvalue weighted by Gasteiger charge is -2.09. The number of anilines is 1. The number of nitriles is 1. The molecular weight excluding hydrogens is 294 g/mol. The van der Waals surface area contributed by atoms with Crippen molar-refractivity contribution >= 4 is 11.8 Å². The van der Waals surface area contributed by atoms with E-state index in [9.17, 15) is 4.79 Å². The first-order valence-electron chi connectivity index (χ1n) is 6.94. The summed E-state index contributed by atoms with van der Waals surface area (Å²) >= 11 is 0. The molecule has 7 nitrogen and oxygen atoms in total. The Kier molecular flexibility index (Phi) is 5.36. The van der Waals surface area contributed by atoms with Gasteiger partial charge in [-0.2, -0.15) is 5.26 Å². The molecule has 7 heteroatoms. The second kappa shape index (κ2) is 7.66. The molecule has 0 amide bonds. The van der Waals surface area contributed by atoms with Gasteiger partial charge in [-0.1, -0.05) is 0 Å². The highest BCUT2D eigenvalue weighted by atomic mass is 16.5. The minimum atomic E-state index is -0.664. The number of allylic oxidation sites excluding steroid dienone is 1. The van der Waals surface area contributed by atoms with E-state index in [1.54, 1.807) is 50.6 Å². The minimum absolute atomic E-state index is 0.0871. The van der Waals surface area contributed by atoms with Gasteiger partial charge >= 0.3 is 5.97 Å². The molecule has 0 aliphatic carbocycles. The fraction of sp³-hybridized carbons (Fsp3) is 0.188. The summed E-state index contributed by atoms with van der Waals surface area (Å²) in [6.45, 7) is 3.50. The predicted octanol–water partition coefficient (Wildman–Crippen LogP) is 2.31. The Hall–Kier alpha value is -3.27. The zero-order valence-corrected chi connectivity index (χ0v) is 12.8. The number of esters is 1. The number of nitrogens with zero attached hydrogens (tertiary/aromatic N) is 4. The van der Waals surface area contributed by atoms with Gasteiger partial charge in [-0.25, -0.2) is 14.8 Å². The molecule has 0 bridgehead atoms. The molecule has 0 saturated carbocycles. The third kappa shape index (κ3) is 4.11. The topological polar surface area (TPSA) is 101 Å². The molecule has 2 aromatic rings. The van der Waals surface area contributed by atoms with Crippen LogP contribution in [0.1, 0.15) is 13.8 Å². The van der Waals surface area contributed by atoms with Gasteiger partial charge in [-0.15, -0.1) is 0 Å². The van der Waals surface area contributed by atoms with Crippen molar-refractivity contribution in [3.63, 3.8) is 0 Å². The number of aromatic nitrogens is 3. The Balaban J connectivity index is 2.27. The lowest BCUT2D eigenvalue weighted by atomic mass is 10.2. The summed E-state index contributed by atoms with van der Waals surface area (Å²) in [5.41, 5.74) is 1.09. The number of carbonyl (C=O) groups is 1. The molecule has 0 fully saturated rings. The summed E-state index contributed by atoms with van der Waals surface area (Å²) in [6, 6.07) is 7.08. The van der Waals surface area contributed by atoms with Crippen molar-refractivity contribution in [1.29, 1.82) is 5.26 Å². The van der Waals surface area contributed by atoms with Crippen molar-refractivity contribution in [1.82, 2.24) is 15.0 Å². The van der Waals surface area contributed by atoms with E-state index in [0.717, 1.165) is 5.56 Å². The largest absolute Gasteiger partial charge is 0.462 e. The van der Waals surface area contributed by atoms with Crippen molar-refractivity contribution in [3.05, 3.63) is 48.1 Å². The Morgan fingerprint density at radius 2 is 2.04 bits per heavy atom. The summed E-state index contributed by atoms with van der Waals surface area (Å²) in [7, 11) is 0. The predicted molar refractivity (Wildman–Crippen MR) is 83.8 cm³/mol. The monoisotopic (exact) mass is 309 g/mol. The van der Waals surface area contributed by atoms with Crippen LogP contribution in [0.4, 0.5) is 5.82 Å². The van der Waals surface area contributed by atoms with Crippen LogP contribution in [0.25, 0.3) is 11.4 Å². The molecule has 2 heterocycles. The van der Waals surface area contributed by atoms with Crippen molar-refractivity contribution in [2.75, 3.05) is 11.9 Å². The minimum Gasteiger partial charge on any atom is -0.462 e. The van der Waals surface area contributed by atoms with Crippen LogP contribution in [0.15, 0.2) is 48.1 Å². The SMILES string of the molecule is CCOC(=O)C(C#N)=C(C)Nc1ccnc(-c2ccncc2)n1. The standard InChI is InChI=1S/C16H15N5O2/c1-3-23-16(22)13(10-17)11(2)20-14-6-9-19-15(21-14)12-4-7-18-8-5-12/h4-9H,3H2,1-2H3,(H,19,20,21). The third-order valence-corrected chi connectivity index (χ3v) is 2.88. The van der Waals surface area contributed by atoms with Gasteiger partial charge in [-0.3, -0.25) is 4.98 Å². The molecule has 0 radical (unpaired) electrons. The number of carbonyl (C=O) groups excluding carboxylic acids is 1. The van der Waals surface area contributed by atoms with Crippen LogP contribution in [0.5, 0.6) is 0 Å². The van der Waals surface area contributed by atoms with Gasteiger partial charge < -0.3 is 10.1 Å². The number of hydrogen-bond donors (Lipinski definition) is 1. The number of nitrogens with one attached hydrogen (secondary N) is 1. The maximum atomic E-state index is 11.7. The maximum Gasteiger partial charge on any atom is 0.350 e. The van der Waals surface area contributed by atoms with E-state index in [0.29, 0.717) is 17.3 Å². The number of ether oxygens (including phenoxy) is 1. The summed E-state index contributed by atoms with van der Waals surface area (Å²) in [4.78, 5) is 24.2. The zero-order valence-electron chi connectivity index (χ0n) is 12.8. The van der Waals surface area contributed by atoms with Gasteiger partial charge in [0.1, 0.15) is 11.9 Å². The lowest BCUT2D eigenvalue weighted by Crippen LogP contribution is -2.12. The van der Waals surface area contributed by atoms with Crippen LogP contribution in [0.3, 0.4) is 0 Å². The Labute approximate surface area is 133 Å². The van der Waals surface area contributed by atoms with Crippen LogP contribution in [-0.2, 0) is 9.53 Å². The molecule has 0 saturated heterocycles. The first-order chi connectivity index (χ1) is 11.2. The van der Waals surface area contributed by atoms with E-state index in [1.807, 2.05) is 6.07 Å². The van der Waals surface area contributed by atoms with Crippen LogP contribution in [0.2, 0.25) is 0 Å². The number of pyridine rings is 1. The molecular formula is C16H15N5O2. The van der Waals surface area contributed by atoms with Crippen LogP contribution >= 0.6 is 0 Å². The van der Waals surface area contributed by atoms with E-state index in [4.69, 9.17) is 10.00 Å². The van der Waals surface area contributed by atoms with Gasteiger partial charge in [-0.05, 0) is 32.0 Å². The van der Waals surface area contributed by atoms with Crippen LogP contribution < -0.4 is 5.32 Å². The lowest BCUT2D eigenvalue weighted by molar-refractivity contribution is -0.138. The van der Waals surface area contributed by atoms with Crippen molar-refractivity contribution in [3.8, 4) is 17.5 Å². The summed E-state index contributed by atoms with van der Waals surface area (Å²) in [5.74, 6) is 0.324.